The number of nitrogens with zero attached hydrogens (tertiary/aromatic N) is 2. The molecular formula is C15H26N2O2. The predicted octanol–water partition coefficient (Wildman–Crippen LogP) is 1.23. The molecule has 2 aliphatic heterocycles. The van der Waals surface area contributed by atoms with Crippen molar-refractivity contribution in [3.05, 3.63) is 0 Å². The molecule has 3 fully saturated rings. The van der Waals surface area contributed by atoms with Crippen LogP contribution in [0.2, 0.25) is 0 Å². The van der Waals surface area contributed by atoms with Crippen LogP contribution in [-0.4, -0.2) is 59.1 Å². The quantitative estimate of drug-likeness (QED) is 0.817. The summed E-state index contributed by atoms with van der Waals surface area (Å²) in [5.41, 5.74) is 0. The zero-order valence-electron chi connectivity index (χ0n) is 11.9. The molecule has 108 valence electrons. The Hall–Kier alpha value is -0.610. The SMILES string of the molecule is CN1CCC(N2CCCC2C2CCCCC2O)C1=O. The molecule has 1 N–H and O–H groups in total. The number of aliphatic hydroxyl groups excluding tert-OH is 1. The van der Waals surface area contributed by atoms with Gasteiger partial charge in [-0.25, -0.2) is 0 Å². The molecule has 0 aromatic carbocycles. The zero-order valence-corrected chi connectivity index (χ0v) is 11.9. The molecule has 0 aromatic rings. The largest absolute Gasteiger partial charge is 0.393 e. The van der Waals surface area contributed by atoms with E-state index < -0.39 is 0 Å². The second kappa shape index (κ2) is 5.41. The van der Waals surface area contributed by atoms with Crippen LogP contribution in [0.1, 0.15) is 44.9 Å². The molecule has 4 unspecified atom stereocenters. The molecule has 0 spiro atoms. The first-order valence-electron chi connectivity index (χ1n) is 7.87. The summed E-state index contributed by atoms with van der Waals surface area (Å²) >= 11 is 0. The third kappa shape index (κ3) is 2.40. The molecule has 4 atom stereocenters. The number of aliphatic hydroxyl groups is 1. The number of hydrogen-bond acceptors (Lipinski definition) is 3. The van der Waals surface area contributed by atoms with Gasteiger partial charge < -0.3 is 10.0 Å². The molecule has 2 saturated heterocycles. The molecule has 4 nitrogen and oxygen atoms in total. The van der Waals surface area contributed by atoms with Crippen molar-refractivity contribution in [3.8, 4) is 0 Å². The van der Waals surface area contributed by atoms with Crippen LogP contribution in [0, 0.1) is 5.92 Å². The van der Waals surface area contributed by atoms with E-state index >= 15 is 0 Å². The number of rotatable bonds is 2. The fraction of sp³-hybridized carbons (Fsp3) is 0.933. The normalized spacial score (nSPS) is 41.2. The van der Waals surface area contributed by atoms with E-state index in [9.17, 15) is 9.90 Å². The smallest absolute Gasteiger partial charge is 0.239 e. The van der Waals surface area contributed by atoms with Crippen molar-refractivity contribution in [2.24, 2.45) is 5.92 Å². The summed E-state index contributed by atoms with van der Waals surface area (Å²) in [6.45, 7) is 1.93. The van der Waals surface area contributed by atoms with Gasteiger partial charge in [0.05, 0.1) is 12.1 Å². The number of carbonyl (C=O) groups excluding carboxylic acids is 1. The zero-order chi connectivity index (χ0) is 13.4. The van der Waals surface area contributed by atoms with Gasteiger partial charge in [0.2, 0.25) is 5.91 Å². The van der Waals surface area contributed by atoms with Crippen molar-refractivity contribution >= 4 is 5.91 Å². The Kier molecular flexibility index (Phi) is 3.81. The van der Waals surface area contributed by atoms with Crippen LogP contribution in [0.3, 0.4) is 0 Å². The van der Waals surface area contributed by atoms with E-state index in [1.807, 2.05) is 11.9 Å². The molecule has 1 amide bonds. The second-order valence-corrected chi connectivity index (χ2v) is 6.53. The van der Waals surface area contributed by atoms with Gasteiger partial charge in [-0.2, -0.15) is 0 Å². The number of hydrogen-bond donors (Lipinski definition) is 1. The lowest BCUT2D eigenvalue weighted by Crippen LogP contribution is -2.49. The average Bonchev–Trinajstić information content (AvgIpc) is 2.99. The highest BCUT2D eigenvalue weighted by molar-refractivity contribution is 5.83. The Labute approximate surface area is 115 Å². The van der Waals surface area contributed by atoms with Gasteiger partial charge in [0, 0.05) is 25.6 Å². The van der Waals surface area contributed by atoms with Crippen LogP contribution < -0.4 is 0 Å². The van der Waals surface area contributed by atoms with E-state index in [0.717, 1.165) is 45.2 Å². The minimum Gasteiger partial charge on any atom is -0.393 e. The summed E-state index contributed by atoms with van der Waals surface area (Å²) < 4.78 is 0. The molecule has 3 aliphatic rings. The van der Waals surface area contributed by atoms with E-state index in [-0.39, 0.29) is 18.1 Å². The summed E-state index contributed by atoms with van der Waals surface area (Å²) in [5, 5.41) is 10.3. The summed E-state index contributed by atoms with van der Waals surface area (Å²) in [6.07, 6.45) is 7.66. The number of likely N-dealkylation sites (N-methyl/N-ethyl adjacent to an activating group) is 1. The van der Waals surface area contributed by atoms with Crippen LogP contribution in [0.15, 0.2) is 0 Å². The minimum absolute atomic E-state index is 0.0895. The summed E-state index contributed by atoms with van der Waals surface area (Å²) in [6, 6.07) is 0.530. The van der Waals surface area contributed by atoms with Crippen molar-refractivity contribution in [1.29, 1.82) is 0 Å². The topological polar surface area (TPSA) is 43.8 Å². The Bertz CT molecular complexity index is 347. The molecule has 0 radical (unpaired) electrons. The molecule has 19 heavy (non-hydrogen) atoms. The van der Waals surface area contributed by atoms with Crippen LogP contribution in [0.5, 0.6) is 0 Å². The van der Waals surface area contributed by atoms with Crippen LogP contribution in [0.4, 0.5) is 0 Å². The van der Waals surface area contributed by atoms with Crippen molar-refractivity contribution in [3.63, 3.8) is 0 Å². The van der Waals surface area contributed by atoms with Crippen molar-refractivity contribution in [1.82, 2.24) is 9.80 Å². The van der Waals surface area contributed by atoms with Crippen molar-refractivity contribution < 1.29 is 9.90 Å². The summed E-state index contributed by atoms with van der Waals surface area (Å²) in [4.78, 5) is 16.5. The molecule has 3 rings (SSSR count). The third-order valence-corrected chi connectivity index (χ3v) is 5.42. The lowest BCUT2D eigenvalue weighted by molar-refractivity contribution is -0.132. The molecule has 1 aliphatic carbocycles. The molecule has 1 saturated carbocycles. The highest BCUT2D eigenvalue weighted by Crippen LogP contribution is 2.37. The highest BCUT2D eigenvalue weighted by Gasteiger charge is 2.43. The van der Waals surface area contributed by atoms with E-state index in [4.69, 9.17) is 0 Å². The lowest BCUT2D eigenvalue weighted by Gasteiger charge is -2.39. The molecule has 0 aromatic heterocycles. The maximum Gasteiger partial charge on any atom is 0.239 e. The predicted molar refractivity (Wildman–Crippen MR) is 73.7 cm³/mol. The van der Waals surface area contributed by atoms with Crippen molar-refractivity contribution in [2.45, 2.75) is 63.1 Å². The Morgan fingerprint density at radius 3 is 2.53 bits per heavy atom. The first kappa shape index (κ1) is 13.4. The van der Waals surface area contributed by atoms with Gasteiger partial charge in [0.1, 0.15) is 0 Å². The standard InChI is InChI=1S/C15H26N2O2/c1-16-10-8-13(15(16)19)17-9-4-6-12(17)11-5-2-3-7-14(11)18/h11-14,18H,2-10H2,1H3. The molecule has 4 heteroatoms. The van der Waals surface area contributed by atoms with Gasteiger partial charge in [-0.1, -0.05) is 12.8 Å². The fourth-order valence-electron chi connectivity index (χ4n) is 4.36. The van der Waals surface area contributed by atoms with E-state index in [0.29, 0.717) is 12.0 Å². The monoisotopic (exact) mass is 266 g/mol. The third-order valence-electron chi connectivity index (χ3n) is 5.42. The Morgan fingerprint density at radius 1 is 1.05 bits per heavy atom. The van der Waals surface area contributed by atoms with Crippen molar-refractivity contribution in [2.75, 3.05) is 20.1 Å². The van der Waals surface area contributed by atoms with Crippen LogP contribution >= 0.6 is 0 Å². The first-order chi connectivity index (χ1) is 9.18. The highest BCUT2D eigenvalue weighted by atomic mass is 16.3. The molecule has 2 heterocycles. The van der Waals surface area contributed by atoms with Gasteiger partial charge >= 0.3 is 0 Å². The summed E-state index contributed by atoms with van der Waals surface area (Å²) in [5.74, 6) is 0.687. The number of likely N-dealkylation sites (tertiary alicyclic amines) is 2. The maximum absolute atomic E-state index is 12.2. The maximum atomic E-state index is 12.2. The number of carbonyl (C=O) groups is 1. The van der Waals surface area contributed by atoms with Crippen LogP contribution in [-0.2, 0) is 4.79 Å². The Balaban J connectivity index is 1.72. The van der Waals surface area contributed by atoms with Gasteiger partial charge in [0.15, 0.2) is 0 Å². The van der Waals surface area contributed by atoms with Gasteiger partial charge in [-0.3, -0.25) is 9.69 Å². The van der Waals surface area contributed by atoms with E-state index in [1.54, 1.807) is 0 Å². The second-order valence-electron chi connectivity index (χ2n) is 6.53. The van der Waals surface area contributed by atoms with Gasteiger partial charge in [-0.15, -0.1) is 0 Å². The summed E-state index contributed by atoms with van der Waals surface area (Å²) in [7, 11) is 1.91. The fourth-order valence-corrected chi connectivity index (χ4v) is 4.36. The lowest BCUT2D eigenvalue weighted by atomic mass is 9.80. The Morgan fingerprint density at radius 2 is 1.84 bits per heavy atom. The first-order valence-corrected chi connectivity index (χ1v) is 7.87. The van der Waals surface area contributed by atoms with Gasteiger partial charge in [0.25, 0.3) is 0 Å². The van der Waals surface area contributed by atoms with Crippen LogP contribution in [0.25, 0.3) is 0 Å². The van der Waals surface area contributed by atoms with E-state index in [1.165, 1.54) is 12.8 Å². The minimum atomic E-state index is -0.145. The van der Waals surface area contributed by atoms with E-state index in [2.05, 4.69) is 4.90 Å². The molecular weight excluding hydrogens is 240 g/mol. The van der Waals surface area contributed by atoms with Gasteiger partial charge in [-0.05, 0) is 38.6 Å². The average molecular weight is 266 g/mol. The molecule has 0 bridgehead atoms. The number of amides is 1.